The molecule has 0 amide bonds. The molecule has 112 valence electrons. The molecule has 0 saturated carbocycles. The Kier molecular flexibility index (Phi) is 4.73. The van der Waals surface area contributed by atoms with Gasteiger partial charge >= 0.3 is 5.71 Å². The number of nitrogens with zero attached hydrogens (tertiary/aromatic N) is 1. The second-order valence-corrected chi connectivity index (χ2v) is 5.78. The van der Waals surface area contributed by atoms with Gasteiger partial charge in [0.1, 0.15) is 0 Å². The third-order valence-electron chi connectivity index (χ3n) is 3.66. The van der Waals surface area contributed by atoms with Crippen molar-refractivity contribution < 1.29 is 0 Å². The summed E-state index contributed by atoms with van der Waals surface area (Å²) < 4.78 is 4.77. The monoisotopic (exact) mass is 318 g/mol. The molecule has 0 fully saturated rings. The van der Waals surface area contributed by atoms with Gasteiger partial charge in [0.2, 0.25) is 0 Å². The molecule has 0 aliphatic rings. The first-order valence-electron chi connectivity index (χ1n) is 7.52. The second-order valence-electron chi connectivity index (χ2n) is 5.34. The topological polar surface area (TPSA) is 14.1 Å². The largest absolute Gasteiger partial charge is 0.341 e. The third kappa shape index (κ3) is 3.78. The molecule has 0 aromatic heterocycles. The Morgan fingerprint density at radius 2 is 1.48 bits per heavy atom. The fraction of sp³-hybridized carbons (Fsp3) is 0.0476. The Morgan fingerprint density at radius 3 is 2.17 bits per heavy atom. The zero-order valence-electron chi connectivity index (χ0n) is 12.9. The van der Waals surface area contributed by atoms with Gasteiger partial charge in [-0.3, -0.25) is 0 Å². The van der Waals surface area contributed by atoms with E-state index in [9.17, 15) is 0 Å². The molecule has 1 nitrogen and oxygen atoms in total. The molecule has 0 radical (unpaired) electrons. The van der Waals surface area contributed by atoms with Crippen LogP contribution in [0.2, 0.25) is 5.02 Å². The summed E-state index contributed by atoms with van der Waals surface area (Å²) in [5.74, 6) is 0. The average molecular weight is 319 g/mol. The lowest BCUT2D eigenvalue weighted by Crippen LogP contribution is -2.09. The first-order valence-corrected chi connectivity index (χ1v) is 7.90. The quantitative estimate of drug-likeness (QED) is 0.492. The summed E-state index contributed by atoms with van der Waals surface area (Å²) in [7, 11) is 0. The van der Waals surface area contributed by atoms with E-state index in [4.69, 9.17) is 16.3 Å². The van der Waals surface area contributed by atoms with Crippen molar-refractivity contribution in [2.24, 2.45) is 0 Å². The van der Waals surface area contributed by atoms with E-state index in [0.29, 0.717) is 0 Å². The molecule has 0 N–H and O–H groups in total. The van der Waals surface area contributed by atoms with Gasteiger partial charge in [0, 0.05) is 5.02 Å². The Labute approximate surface area is 141 Å². The summed E-state index contributed by atoms with van der Waals surface area (Å²) in [6.07, 6.45) is 1.88. The van der Waals surface area contributed by atoms with Crippen LogP contribution in [0.4, 0.5) is 0 Å². The molecule has 0 unspecified atom stereocenters. The van der Waals surface area contributed by atoms with Gasteiger partial charge in [0.15, 0.2) is 0 Å². The summed E-state index contributed by atoms with van der Waals surface area (Å²) in [5.41, 5.74) is 5.45. The molecule has 0 heterocycles. The number of hydrogen-bond donors (Lipinski definition) is 0. The molecular weight excluding hydrogens is 302 g/mol. The van der Waals surface area contributed by atoms with Crippen molar-refractivity contribution >= 4 is 23.5 Å². The Hall–Kier alpha value is -2.60. The van der Waals surface area contributed by atoms with Crippen LogP contribution >= 0.6 is 11.6 Å². The highest BCUT2D eigenvalue weighted by atomic mass is 35.5. The molecule has 2 heteroatoms. The SMILES string of the molecule is Cc1ccccc1C(=[N+]=Cc1ccc(Cl)cc1)c1ccccc1. The van der Waals surface area contributed by atoms with Gasteiger partial charge in [-0.05, 0) is 55.0 Å². The van der Waals surface area contributed by atoms with Crippen molar-refractivity contribution in [2.75, 3.05) is 0 Å². The van der Waals surface area contributed by atoms with Crippen LogP contribution < -0.4 is 4.67 Å². The molecule has 0 aliphatic carbocycles. The summed E-state index contributed by atoms with van der Waals surface area (Å²) in [6, 6.07) is 26.2. The Bertz CT molecular complexity index is 858. The third-order valence-corrected chi connectivity index (χ3v) is 3.91. The van der Waals surface area contributed by atoms with Crippen LogP contribution in [0.5, 0.6) is 0 Å². The predicted octanol–water partition coefficient (Wildman–Crippen LogP) is 4.67. The van der Waals surface area contributed by atoms with Crippen LogP contribution in [0.3, 0.4) is 0 Å². The maximum absolute atomic E-state index is 5.94. The van der Waals surface area contributed by atoms with Gasteiger partial charge in [0.05, 0.1) is 16.7 Å². The highest BCUT2D eigenvalue weighted by Gasteiger charge is 2.18. The van der Waals surface area contributed by atoms with Crippen molar-refractivity contribution in [3.63, 3.8) is 0 Å². The smallest absolute Gasteiger partial charge is 0.0907 e. The van der Waals surface area contributed by atoms with Crippen LogP contribution in [0.1, 0.15) is 22.3 Å². The van der Waals surface area contributed by atoms with E-state index in [1.165, 1.54) is 5.56 Å². The fourth-order valence-electron chi connectivity index (χ4n) is 2.42. The van der Waals surface area contributed by atoms with Crippen molar-refractivity contribution in [1.82, 2.24) is 4.67 Å². The van der Waals surface area contributed by atoms with Gasteiger partial charge in [0.25, 0.3) is 6.21 Å². The minimum atomic E-state index is 0.730. The van der Waals surface area contributed by atoms with Gasteiger partial charge in [-0.25, -0.2) is 0 Å². The molecule has 23 heavy (non-hydrogen) atoms. The molecule has 3 aromatic rings. The van der Waals surface area contributed by atoms with Crippen LogP contribution in [-0.4, -0.2) is 11.9 Å². The number of halogens is 1. The highest BCUT2D eigenvalue weighted by molar-refractivity contribution is 6.30. The number of hydrogen-bond acceptors (Lipinski definition) is 0. The zero-order valence-corrected chi connectivity index (χ0v) is 13.7. The molecule has 0 bridgehead atoms. The summed E-state index contributed by atoms with van der Waals surface area (Å²) >= 11 is 5.94. The lowest BCUT2D eigenvalue weighted by molar-refractivity contribution is 1.42. The van der Waals surface area contributed by atoms with E-state index in [1.54, 1.807) is 0 Å². The highest BCUT2D eigenvalue weighted by Crippen LogP contribution is 2.13. The molecule has 3 rings (SSSR count). The van der Waals surface area contributed by atoms with E-state index < -0.39 is 0 Å². The van der Waals surface area contributed by atoms with E-state index in [2.05, 4.69) is 31.2 Å². The number of aryl methyl sites for hydroxylation is 1. The number of rotatable bonds is 3. The van der Waals surface area contributed by atoms with Gasteiger partial charge in [-0.15, -0.1) is 0 Å². The Balaban J connectivity index is 2.14. The van der Waals surface area contributed by atoms with E-state index in [-0.39, 0.29) is 0 Å². The van der Waals surface area contributed by atoms with E-state index in [1.807, 2.05) is 60.8 Å². The molecule has 0 aliphatic heterocycles. The van der Waals surface area contributed by atoms with Crippen LogP contribution in [0.25, 0.3) is 0 Å². The molecule has 3 aromatic carbocycles. The predicted molar refractivity (Wildman–Crippen MR) is 99.6 cm³/mol. The fourth-order valence-corrected chi connectivity index (χ4v) is 2.55. The van der Waals surface area contributed by atoms with Gasteiger partial charge in [-0.1, -0.05) is 52.7 Å². The maximum atomic E-state index is 5.94. The minimum absolute atomic E-state index is 0.730. The normalized spacial score (nSPS) is 10.0. The molecule has 0 spiro atoms. The van der Waals surface area contributed by atoms with Crippen molar-refractivity contribution in [3.05, 3.63) is 106 Å². The minimum Gasteiger partial charge on any atom is -0.0907 e. The first-order chi connectivity index (χ1) is 11.2. The zero-order chi connectivity index (χ0) is 16.1. The molecular formula is C21H17ClN+. The van der Waals surface area contributed by atoms with Gasteiger partial charge in [-0.2, -0.15) is 0 Å². The standard InChI is InChI=1S/C21H17ClN/c1-16-7-5-6-10-20(16)21(18-8-3-2-4-9-18)23-15-17-11-13-19(22)14-12-17/h2-15H,1H3/q+1. The van der Waals surface area contributed by atoms with Crippen LogP contribution in [0, 0.1) is 6.92 Å². The Morgan fingerprint density at radius 1 is 0.826 bits per heavy atom. The number of benzene rings is 3. The first kappa shape index (κ1) is 15.3. The van der Waals surface area contributed by atoms with E-state index >= 15 is 0 Å². The van der Waals surface area contributed by atoms with Crippen LogP contribution in [0.15, 0.2) is 78.9 Å². The van der Waals surface area contributed by atoms with Crippen molar-refractivity contribution in [3.8, 4) is 0 Å². The second kappa shape index (κ2) is 7.11. The van der Waals surface area contributed by atoms with Gasteiger partial charge < -0.3 is 0 Å². The lowest BCUT2D eigenvalue weighted by atomic mass is 9.98. The molecule has 0 atom stereocenters. The summed E-state index contributed by atoms with van der Waals surface area (Å²) in [5, 5.41) is 0.730. The van der Waals surface area contributed by atoms with Crippen molar-refractivity contribution in [1.29, 1.82) is 0 Å². The summed E-state index contributed by atoms with van der Waals surface area (Å²) in [4.78, 5) is 0. The average Bonchev–Trinajstić information content (AvgIpc) is 2.59. The molecule has 0 saturated heterocycles. The van der Waals surface area contributed by atoms with E-state index in [0.717, 1.165) is 27.4 Å². The summed E-state index contributed by atoms with van der Waals surface area (Å²) in [6.45, 7) is 2.11. The van der Waals surface area contributed by atoms with Crippen molar-refractivity contribution in [2.45, 2.75) is 6.92 Å². The van der Waals surface area contributed by atoms with Crippen LogP contribution in [-0.2, 0) is 0 Å². The lowest BCUT2D eigenvalue weighted by Gasteiger charge is -2.00. The maximum Gasteiger partial charge on any atom is 0.341 e.